The molecule has 0 aromatic heterocycles. The topological polar surface area (TPSA) is 44.7 Å². The van der Waals surface area contributed by atoms with E-state index in [9.17, 15) is 5.11 Å². The molecule has 4 heteroatoms. The average molecular weight is 262 g/mol. The summed E-state index contributed by atoms with van der Waals surface area (Å²) in [4.78, 5) is 2.56. The molecule has 0 saturated carbocycles. The Kier molecular flexibility index (Phi) is 4.01. The highest BCUT2D eigenvalue weighted by Gasteiger charge is 2.31. The van der Waals surface area contributed by atoms with E-state index in [4.69, 9.17) is 4.74 Å². The lowest BCUT2D eigenvalue weighted by molar-refractivity contribution is -0.0470. The Labute approximate surface area is 114 Å². The van der Waals surface area contributed by atoms with E-state index in [-0.39, 0.29) is 0 Å². The zero-order chi connectivity index (χ0) is 13.1. The monoisotopic (exact) mass is 262 g/mol. The molecule has 2 fully saturated rings. The summed E-state index contributed by atoms with van der Waals surface area (Å²) in [6, 6.07) is 8.05. The van der Waals surface area contributed by atoms with Crippen molar-refractivity contribution in [2.45, 2.75) is 31.5 Å². The Balaban J connectivity index is 1.43. The molecular weight excluding hydrogens is 240 g/mol. The van der Waals surface area contributed by atoms with Crippen LogP contribution in [0.5, 0.6) is 5.75 Å². The van der Waals surface area contributed by atoms with Gasteiger partial charge in [-0.15, -0.1) is 0 Å². The minimum atomic E-state index is 0.298. The van der Waals surface area contributed by atoms with Crippen LogP contribution in [0.1, 0.15) is 18.4 Å². The Hall–Kier alpha value is -1.10. The number of ether oxygens (including phenoxy) is 1. The molecule has 0 aliphatic carbocycles. The predicted octanol–water partition coefficient (Wildman–Crippen LogP) is 1.34. The summed E-state index contributed by atoms with van der Waals surface area (Å²) in [5, 5.41) is 12.8. The third-order valence-electron chi connectivity index (χ3n) is 4.07. The maximum Gasteiger partial charge on any atom is 0.115 e. The molecule has 104 valence electrons. The number of rotatable bonds is 4. The van der Waals surface area contributed by atoms with Crippen LogP contribution in [0.15, 0.2) is 24.3 Å². The van der Waals surface area contributed by atoms with Gasteiger partial charge in [-0.3, -0.25) is 4.90 Å². The van der Waals surface area contributed by atoms with E-state index in [2.05, 4.69) is 10.2 Å². The number of nitrogens with zero attached hydrogens (tertiary/aromatic N) is 1. The van der Waals surface area contributed by atoms with Crippen molar-refractivity contribution < 1.29 is 9.84 Å². The predicted molar refractivity (Wildman–Crippen MR) is 74.1 cm³/mol. The van der Waals surface area contributed by atoms with Crippen LogP contribution in [-0.4, -0.2) is 48.4 Å². The summed E-state index contributed by atoms with van der Waals surface area (Å²) in [5.74, 6) is 0.327. The summed E-state index contributed by atoms with van der Waals surface area (Å²) in [6.07, 6.45) is 2.91. The lowest BCUT2D eigenvalue weighted by Crippen LogP contribution is -2.49. The number of nitrogens with one attached hydrogen (secondary N) is 1. The van der Waals surface area contributed by atoms with Crippen molar-refractivity contribution in [1.29, 1.82) is 0 Å². The first-order chi connectivity index (χ1) is 9.31. The molecule has 2 N–H and O–H groups in total. The number of fused-ring (bicyclic) bond motifs is 1. The van der Waals surface area contributed by atoms with Crippen LogP contribution >= 0.6 is 0 Å². The molecule has 2 atom stereocenters. The van der Waals surface area contributed by atoms with Gasteiger partial charge in [0, 0.05) is 25.7 Å². The Morgan fingerprint density at radius 1 is 1.42 bits per heavy atom. The Bertz CT molecular complexity index is 424. The van der Waals surface area contributed by atoms with Gasteiger partial charge in [0.25, 0.3) is 0 Å². The van der Waals surface area contributed by atoms with Crippen LogP contribution < -0.4 is 5.32 Å². The molecule has 2 aliphatic heterocycles. The zero-order valence-electron chi connectivity index (χ0n) is 11.2. The van der Waals surface area contributed by atoms with Gasteiger partial charge in [-0.05, 0) is 37.1 Å². The van der Waals surface area contributed by atoms with Gasteiger partial charge in [0.05, 0.1) is 12.7 Å². The smallest absolute Gasteiger partial charge is 0.115 e. The summed E-state index contributed by atoms with van der Waals surface area (Å²) in [6.45, 7) is 4.82. The van der Waals surface area contributed by atoms with E-state index in [1.54, 1.807) is 12.1 Å². The molecule has 0 spiro atoms. The molecule has 0 bridgehead atoms. The highest BCUT2D eigenvalue weighted by molar-refractivity contribution is 5.26. The van der Waals surface area contributed by atoms with E-state index in [1.807, 2.05) is 12.1 Å². The number of aromatic hydroxyl groups is 1. The van der Waals surface area contributed by atoms with Crippen LogP contribution in [0.3, 0.4) is 0 Å². The van der Waals surface area contributed by atoms with Crippen LogP contribution in [0.2, 0.25) is 0 Å². The molecule has 2 saturated heterocycles. The van der Waals surface area contributed by atoms with Gasteiger partial charge in [-0.25, -0.2) is 0 Å². The standard InChI is InChI=1S/C15H22N2O2/c18-14-5-1-3-12(7-14)8-16-9-15-10-17-6-2-4-13(17)11-19-15/h1,3,5,7,13,15-16,18H,2,4,6,8-11H2. The fourth-order valence-corrected chi connectivity index (χ4v) is 3.05. The van der Waals surface area contributed by atoms with Crippen molar-refractivity contribution in [1.82, 2.24) is 10.2 Å². The van der Waals surface area contributed by atoms with Crippen molar-refractivity contribution in [2.75, 3.05) is 26.2 Å². The SMILES string of the molecule is Oc1cccc(CNCC2CN3CCCC3CO2)c1. The van der Waals surface area contributed by atoms with Crippen molar-refractivity contribution >= 4 is 0 Å². The first-order valence-electron chi connectivity index (χ1n) is 7.15. The maximum atomic E-state index is 9.40. The molecule has 2 aliphatic rings. The van der Waals surface area contributed by atoms with Gasteiger partial charge < -0.3 is 15.2 Å². The number of morpholine rings is 1. The second-order valence-electron chi connectivity index (χ2n) is 5.55. The molecule has 0 radical (unpaired) electrons. The normalized spacial score (nSPS) is 27.4. The lowest BCUT2D eigenvalue weighted by Gasteiger charge is -2.35. The quantitative estimate of drug-likeness (QED) is 0.859. The molecule has 2 unspecified atom stereocenters. The van der Waals surface area contributed by atoms with Crippen molar-refractivity contribution in [3.8, 4) is 5.75 Å². The van der Waals surface area contributed by atoms with Gasteiger partial charge in [0.2, 0.25) is 0 Å². The maximum absolute atomic E-state index is 9.40. The molecule has 4 nitrogen and oxygen atoms in total. The van der Waals surface area contributed by atoms with Crippen molar-refractivity contribution in [3.05, 3.63) is 29.8 Å². The molecule has 3 rings (SSSR count). The van der Waals surface area contributed by atoms with Crippen LogP contribution in [-0.2, 0) is 11.3 Å². The van der Waals surface area contributed by atoms with E-state index >= 15 is 0 Å². The molecule has 0 amide bonds. The Morgan fingerprint density at radius 3 is 3.26 bits per heavy atom. The van der Waals surface area contributed by atoms with Gasteiger partial charge in [0.1, 0.15) is 5.75 Å². The van der Waals surface area contributed by atoms with Gasteiger partial charge in [0.15, 0.2) is 0 Å². The molecular formula is C15H22N2O2. The second kappa shape index (κ2) is 5.90. The summed E-state index contributed by atoms with van der Waals surface area (Å²) < 4.78 is 5.90. The highest BCUT2D eigenvalue weighted by atomic mass is 16.5. The van der Waals surface area contributed by atoms with Crippen LogP contribution in [0, 0.1) is 0 Å². The van der Waals surface area contributed by atoms with Gasteiger partial charge in [-0.1, -0.05) is 12.1 Å². The van der Waals surface area contributed by atoms with Crippen molar-refractivity contribution in [3.63, 3.8) is 0 Å². The fraction of sp³-hybridized carbons (Fsp3) is 0.600. The minimum absolute atomic E-state index is 0.298. The molecule has 19 heavy (non-hydrogen) atoms. The average Bonchev–Trinajstić information content (AvgIpc) is 2.86. The fourth-order valence-electron chi connectivity index (χ4n) is 3.05. The highest BCUT2D eigenvalue weighted by Crippen LogP contribution is 2.22. The largest absolute Gasteiger partial charge is 0.508 e. The zero-order valence-corrected chi connectivity index (χ0v) is 11.2. The summed E-state index contributed by atoms with van der Waals surface area (Å²) in [7, 11) is 0. The summed E-state index contributed by atoms with van der Waals surface area (Å²) >= 11 is 0. The number of benzene rings is 1. The number of phenols is 1. The van der Waals surface area contributed by atoms with Gasteiger partial charge >= 0.3 is 0 Å². The molecule has 1 aromatic carbocycles. The molecule has 2 heterocycles. The van der Waals surface area contributed by atoms with E-state index in [0.29, 0.717) is 17.9 Å². The van der Waals surface area contributed by atoms with E-state index < -0.39 is 0 Å². The first-order valence-corrected chi connectivity index (χ1v) is 7.15. The van der Waals surface area contributed by atoms with Gasteiger partial charge in [-0.2, -0.15) is 0 Å². The Morgan fingerprint density at radius 2 is 2.37 bits per heavy atom. The van der Waals surface area contributed by atoms with Crippen molar-refractivity contribution in [2.24, 2.45) is 0 Å². The van der Waals surface area contributed by atoms with Crippen LogP contribution in [0.25, 0.3) is 0 Å². The number of phenolic OH excluding ortho intramolecular Hbond substituents is 1. The second-order valence-corrected chi connectivity index (χ2v) is 5.55. The minimum Gasteiger partial charge on any atom is -0.508 e. The van der Waals surface area contributed by atoms with E-state index in [1.165, 1.54) is 19.4 Å². The first kappa shape index (κ1) is 12.9. The summed E-state index contributed by atoms with van der Waals surface area (Å²) in [5.41, 5.74) is 1.11. The third-order valence-corrected chi connectivity index (χ3v) is 4.07. The van der Waals surface area contributed by atoms with E-state index in [0.717, 1.165) is 31.8 Å². The van der Waals surface area contributed by atoms with Crippen LogP contribution in [0.4, 0.5) is 0 Å². The lowest BCUT2D eigenvalue weighted by atomic mass is 10.2. The number of hydrogen-bond acceptors (Lipinski definition) is 4. The number of hydrogen-bond donors (Lipinski definition) is 2. The molecule has 1 aromatic rings. The third kappa shape index (κ3) is 3.26.